The van der Waals surface area contributed by atoms with Gasteiger partial charge in [0.25, 0.3) is 0 Å². The number of likely N-dealkylation sites (N-methyl/N-ethyl adjacent to an activating group) is 1. The van der Waals surface area contributed by atoms with E-state index in [0.717, 1.165) is 0 Å². The molecule has 0 saturated heterocycles. The Labute approximate surface area is 66.7 Å². The minimum atomic E-state index is -0.269. The second-order valence-corrected chi connectivity index (χ2v) is 0.756. The van der Waals surface area contributed by atoms with Gasteiger partial charge >= 0.3 is 0 Å². The van der Waals surface area contributed by atoms with Crippen LogP contribution < -0.4 is 5.32 Å². The normalized spacial score (nSPS) is 5.86. The molecule has 0 aliphatic rings. The van der Waals surface area contributed by atoms with E-state index < -0.39 is 0 Å². The van der Waals surface area contributed by atoms with Gasteiger partial charge in [-0.25, -0.2) is 0 Å². The van der Waals surface area contributed by atoms with E-state index >= 15 is 0 Å². The van der Waals surface area contributed by atoms with E-state index in [0.29, 0.717) is 0 Å². The van der Waals surface area contributed by atoms with Gasteiger partial charge < -0.3 is 16.2 Å². The zero-order valence-corrected chi connectivity index (χ0v) is 8.28. The maximum atomic E-state index is 9.90. The summed E-state index contributed by atoms with van der Waals surface area (Å²) in [5.74, 6) is -0.269. The van der Waals surface area contributed by atoms with Gasteiger partial charge in [-0.2, -0.15) is 0 Å². The Kier molecular flexibility index (Phi) is 9.20. The summed E-state index contributed by atoms with van der Waals surface area (Å²) in [6.07, 6.45) is 2.11. The number of carbonyl (C=O) groups is 1. The second-order valence-electron chi connectivity index (χ2n) is 0.756. The van der Waals surface area contributed by atoms with Crippen molar-refractivity contribution in [1.82, 2.24) is 5.32 Å². The molecule has 2 nitrogen and oxygen atoms in total. The van der Waals surface area contributed by atoms with Gasteiger partial charge in [-0.05, 0) is 0 Å². The molecule has 0 spiro atoms. The van der Waals surface area contributed by atoms with Crippen molar-refractivity contribution in [3.8, 4) is 0 Å². The monoisotopic (exact) mass is 322 g/mol. The van der Waals surface area contributed by atoms with Gasteiger partial charge in [-0.15, -0.1) is 0 Å². The fraction of sp³-hybridized carbons (Fsp3) is 0.250. The van der Waals surface area contributed by atoms with Crippen molar-refractivity contribution in [2.45, 2.75) is 0 Å². The van der Waals surface area contributed by atoms with Crippen LogP contribution in [0.2, 0.25) is 0 Å². The van der Waals surface area contributed by atoms with Crippen molar-refractivity contribution in [1.29, 1.82) is 0 Å². The van der Waals surface area contributed by atoms with Crippen molar-refractivity contribution < 1.29 is 35.9 Å². The maximum absolute atomic E-state index is 9.90. The summed E-state index contributed by atoms with van der Waals surface area (Å²) in [6.45, 7) is 3.09. The summed E-state index contributed by atoms with van der Waals surface area (Å²) >= 11 is 0. The first-order valence-electron chi connectivity index (χ1n) is 1.56. The van der Waals surface area contributed by atoms with Crippen LogP contribution in [-0.2, 0) is 4.79 Å². The molecule has 0 aliphatic heterocycles. The van der Waals surface area contributed by atoms with Crippen LogP contribution in [0.1, 0.15) is 0 Å². The summed E-state index contributed by atoms with van der Waals surface area (Å²) in [4.78, 5) is 9.90. The largest absolute Gasteiger partial charge is 0.412 e. The maximum Gasteiger partial charge on any atom is 0.0617 e. The molecule has 7 heavy (non-hydrogen) atoms. The van der Waals surface area contributed by atoms with Crippen molar-refractivity contribution in [3.63, 3.8) is 0 Å². The van der Waals surface area contributed by atoms with Gasteiger partial charge in [0.15, 0.2) is 0 Å². The van der Waals surface area contributed by atoms with Crippen molar-refractivity contribution in [2.75, 3.05) is 7.05 Å². The molecule has 1 N–H and O–H groups in total. The SMILES string of the molecule is C=[C-]C(=O)NC.[U]. The van der Waals surface area contributed by atoms with Crippen LogP contribution in [0, 0.1) is 37.2 Å². The van der Waals surface area contributed by atoms with Crippen LogP contribution in [-0.4, -0.2) is 13.0 Å². The van der Waals surface area contributed by atoms with Crippen LogP contribution in [0.15, 0.2) is 6.58 Å². The van der Waals surface area contributed by atoms with Crippen molar-refractivity contribution >= 4 is 5.91 Å². The Morgan fingerprint density at radius 1 is 1.86 bits per heavy atom. The third kappa shape index (κ3) is 6.26. The van der Waals surface area contributed by atoms with Gasteiger partial charge in [0.05, 0.1) is 5.91 Å². The molecule has 0 aromatic carbocycles. The van der Waals surface area contributed by atoms with E-state index in [2.05, 4.69) is 18.0 Å². The van der Waals surface area contributed by atoms with Gasteiger partial charge in [0.1, 0.15) is 0 Å². The molecule has 0 fully saturated rings. The predicted molar refractivity (Wildman–Crippen MR) is 22.9 cm³/mol. The summed E-state index contributed by atoms with van der Waals surface area (Å²) in [6, 6.07) is 0. The fourth-order valence-electron chi connectivity index (χ4n) is 0.0884. The molecule has 0 rings (SSSR count). The first kappa shape index (κ1) is 10.3. The second kappa shape index (κ2) is 6.26. The topological polar surface area (TPSA) is 29.1 Å². The van der Waals surface area contributed by atoms with Crippen LogP contribution in [0.5, 0.6) is 0 Å². The summed E-state index contributed by atoms with van der Waals surface area (Å²) in [7, 11) is 1.53. The molecule has 3 heteroatoms. The van der Waals surface area contributed by atoms with E-state index in [1.807, 2.05) is 0 Å². The molecule has 0 bridgehead atoms. The molecule has 1 amide bonds. The molecule has 0 atom stereocenters. The number of hydrogen-bond acceptors (Lipinski definition) is 1. The summed E-state index contributed by atoms with van der Waals surface area (Å²) in [5, 5.41) is 2.30. The molecular formula is C4H6NOU-. The van der Waals surface area contributed by atoms with E-state index in [4.69, 9.17) is 0 Å². The molecule has 0 unspecified atom stereocenters. The molecule has 0 aromatic heterocycles. The van der Waals surface area contributed by atoms with Crippen molar-refractivity contribution in [3.05, 3.63) is 12.7 Å². The van der Waals surface area contributed by atoms with Gasteiger partial charge in [-0.1, -0.05) is 0 Å². The number of amides is 1. The molecule has 0 aromatic rings. The fourth-order valence-corrected chi connectivity index (χ4v) is 0.0884. The van der Waals surface area contributed by atoms with Gasteiger partial charge in [0, 0.05) is 38.2 Å². The Hall–Kier alpha value is 0.262. The molecule has 0 heterocycles. The standard InChI is InChI=1S/C4H6NO.U/c1-3-4(6)5-2;/h1H2,2H3,(H,5,6);/q-1;. The zero-order valence-electron chi connectivity index (χ0n) is 4.12. The Morgan fingerprint density at radius 3 is 2.29 bits per heavy atom. The average molecular weight is 322 g/mol. The Balaban J connectivity index is 0. The van der Waals surface area contributed by atoms with Gasteiger partial charge in [-0.3, -0.25) is 6.58 Å². The zero-order chi connectivity index (χ0) is 4.99. The predicted octanol–water partition coefficient (Wildman–Crippen LogP) is -0.278. The molecule has 0 saturated carbocycles. The molecule has 38 valence electrons. The van der Waals surface area contributed by atoms with Crippen LogP contribution in [0.4, 0.5) is 0 Å². The number of hydrogen-bond donors (Lipinski definition) is 1. The summed E-state index contributed by atoms with van der Waals surface area (Å²) in [5.41, 5.74) is 0. The van der Waals surface area contributed by atoms with Crippen molar-refractivity contribution in [2.24, 2.45) is 0 Å². The minimum absolute atomic E-state index is 0. The Bertz CT molecular complexity index is 72.1. The van der Waals surface area contributed by atoms with E-state index in [-0.39, 0.29) is 37.0 Å². The molecular weight excluding hydrogens is 316 g/mol. The summed E-state index contributed by atoms with van der Waals surface area (Å²) < 4.78 is 0. The molecule has 0 aliphatic carbocycles. The Morgan fingerprint density at radius 2 is 2.29 bits per heavy atom. The first-order valence-corrected chi connectivity index (χ1v) is 1.56. The van der Waals surface area contributed by atoms with Crippen LogP contribution >= 0.6 is 0 Å². The number of nitrogens with one attached hydrogen (secondary N) is 1. The number of rotatable bonds is 1. The van der Waals surface area contributed by atoms with E-state index in [1.54, 1.807) is 0 Å². The van der Waals surface area contributed by atoms with Gasteiger partial charge in [0.2, 0.25) is 0 Å². The smallest absolute Gasteiger partial charge is 0.0617 e. The van der Waals surface area contributed by atoms with E-state index in [9.17, 15) is 4.79 Å². The quantitative estimate of drug-likeness (QED) is 0.522. The van der Waals surface area contributed by atoms with E-state index in [1.165, 1.54) is 7.05 Å². The van der Waals surface area contributed by atoms with Crippen LogP contribution in [0.25, 0.3) is 0 Å². The third-order valence-electron chi connectivity index (χ3n) is 0.388. The molecule has 0 radical (unpaired) electrons. The van der Waals surface area contributed by atoms with Crippen LogP contribution in [0.3, 0.4) is 0 Å². The minimum Gasteiger partial charge on any atom is -0.412 e. The average Bonchev–Trinajstić information content (AvgIpc) is 1.65. The first-order chi connectivity index (χ1) is 2.81. The third-order valence-corrected chi connectivity index (χ3v) is 0.388. The number of carbonyl (C=O) groups excluding carboxylic acids is 1.